The molecule has 0 atom stereocenters. The second kappa shape index (κ2) is 8.22. The van der Waals surface area contributed by atoms with Crippen molar-refractivity contribution in [1.29, 1.82) is 0 Å². The van der Waals surface area contributed by atoms with E-state index in [4.69, 9.17) is 4.74 Å². The van der Waals surface area contributed by atoms with Crippen LogP contribution in [0.3, 0.4) is 0 Å². The van der Waals surface area contributed by atoms with Gasteiger partial charge in [-0.1, -0.05) is 11.3 Å². The molecule has 0 fully saturated rings. The van der Waals surface area contributed by atoms with E-state index >= 15 is 0 Å². The highest BCUT2D eigenvalue weighted by Gasteiger charge is 2.28. The number of H-pyrrole nitrogens is 1. The molecular weight excluding hydrogens is 429 g/mol. The van der Waals surface area contributed by atoms with E-state index in [1.54, 1.807) is 42.3 Å². The molecule has 4 N–H and O–H groups in total. The molecule has 11 nitrogen and oxygen atoms in total. The van der Waals surface area contributed by atoms with Gasteiger partial charge in [-0.2, -0.15) is 0 Å². The Kier molecular flexibility index (Phi) is 5.09. The number of anilines is 4. The predicted molar refractivity (Wildman–Crippen MR) is 118 cm³/mol. The van der Waals surface area contributed by atoms with E-state index in [0.29, 0.717) is 53.1 Å². The maximum atomic E-state index is 14.3. The lowest BCUT2D eigenvalue weighted by atomic mass is 10.1. The molecule has 0 aliphatic carbocycles. The number of fused-ring (bicyclic) bond motifs is 1. The Labute approximate surface area is 187 Å². The molecule has 5 rings (SSSR count). The topological polar surface area (TPSA) is 135 Å². The van der Waals surface area contributed by atoms with Gasteiger partial charge in [-0.25, -0.2) is 19.0 Å². The van der Waals surface area contributed by atoms with Crippen LogP contribution in [0.15, 0.2) is 36.7 Å². The van der Waals surface area contributed by atoms with E-state index in [9.17, 15) is 9.18 Å². The number of aryl methyl sites for hydroxylation is 1. The summed E-state index contributed by atoms with van der Waals surface area (Å²) in [6.45, 7) is 0.512. The zero-order valence-electron chi connectivity index (χ0n) is 17.8. The van der Waals surface area contributed by atoms with Crippen molar-refractivity contribution in [3.63, 3.8) is 0 Å². The fourth-order valence-corrected chi connectivity index (χ4v) is 3.72. The van der Waals surface area contributed by atoms with E-state index in [0.717, 1.165) is 5.69 Å². The van der Waals surface area contributed by atoms with Crippen molar-refractivity contribution in [2.45, 2.75) is 6.42 Å². The number of rotatable bonds is 6. The first-order chi connectivity index (χ1) is 16.0. The molecule has 33 heavy (non-hydrogen) atoms. The highest BCUT2D eigenvalue weighted by molar-refractivity contribution is 6.06. The summed E-state index contributed by atoms with van der Waals surface area (Å²) >= 11 is 0. The van der Waals surface area contributed by atoms with Gasteiger partial charge in [0.2, 0.25) is 5.95 Å². The Morgan fingerprint density at radius 3 is 2.91 bits per heavy atom. The van der Waals surface area contributed by atoms with E-state index in [2.05, 4.69) is 41.2 Å². The number of aromatic amines is 1. The summed E-state index contributed by atoms with van der Waals surface area (Å²) in [4.78, 5) is 24.9. The predicted octanol–water partition coefficient (Wildman–Crippen LogP) is 2.52. The van der Waals surface area contributed by atoms with Crippen molar-refractivity contribution >= 4 is 29.0 Å². The van der Waals surface area contributed by atoms with Gasteiger partial charge in [0.15, 0.2) is 17.4 Å². The van der Waals surface area contributed by atoms with Crippen LogP contribution in [0.1, 0.15) is 16.1 Å². The molecule has 0 radical (unpaired) electrons. The van der Waals surface area contributed by atoms with Crippen LogP contribution in [0.2, 0.25) is 0 Å². The fourth-order valence-electron chi connectivity index (χ4n) is 3.72. The normalized spacial score (nSPS) is 12.8. The minimum Gasteiger partial charge on any atom is -0.492 e. The third kappa shape index (κ3) is 3.71. The summed E-state index contributed by atoms with van der Waals surface area (Å²) in [6.07, 6.45) is 3.77. The number of amides is 1. The first-order valence-electron chi connectivity index (χ1n) is 10.1. The Morgan fingerprint density at radius 2 is 2.12 bits per heavy atom. The van der Waals surface area contributed by atoms with Gasteiger partial charge >= 0.3 is 0 Å². The van der Waals surface area contributed by atoms with Crippen LogP contribution in [0.4, 0.5) is 27.5 Å². The monoisotopic (exact) mass is 449 g/mol. The first-order valence-corrected chi connectivity index (χ1v) is 10.1. The van der Waals surface area contributed by atoms with Gasteiger partial charge < -0.3 is 25.7 Å². The zero-order chi connectivity index (χ0) is 22.9. The van der Waals surface area contributed by atoms with Crippen molar-refractivity contribution in [3.05, 3.63) is 53.7 Å². The smallest absolute Gasteiger partial charge is 0.255 e. The van der Waals surface area contributed by atoms with Crippen LogP contribution in [0.5, 0.6) is 5.75 Å². The largest absolute Gasteiger partial charge is 0.492 e. The standard InChI is InChI=1S/C21H20FN9O2/c1-31-15(10-25-30-31)29-21-24-9-7-13(28-21)17-18(16-12(26-17)6-8-23-20(16)32)27-14-5-3-4-11(22)19(14)33-2/h3-5,7,9-10,26-27H,6,8H2,1-2H3,(H,23,32)(H,24,28,29). The lowest BCUT2D eigenvalue weighted by Crippen LogP contribution is -2.31. The van der Waals surface area contributed by atoms with Crippen LogP contribution in [-0.4, -0.2) is 49.5 Å². The van der Waals surface area contributed by atoms with Gasteiger partial charge in [0, 0.05) is 31.9 Å². The molecule has 0 bridgehead atoms. The Hall–Kier alpha value is -4.48. The number of ether oxygens (including phenoxy) is 1. The number of benzene rings is 1. The molecule has 1 aliphatic rings. The molecule has 4 heterocycles. The summed E-state index contributed by atoms with van der Waals surface area (Å²) in [5, 5.41) is 16.8. The number of aromatic nitrogens is 6. The number of hydrogen-bond acceptors (Lipinski definition) is 8. The van der Waals surface area contributed by atoms with Crippen LogP contribution in [-0.2, 0) is 13.5 Å². The highest BCUT2D eigenvalue weighted by atomic mass is 19.1. The number of halogens is 1. The number of hydrogen-bond donors (Lipinski definition) is 4. The number of methoxy groups -OCH3 is 1. The minimum atomic E-state index is -0.517. The summed E-state index contributed by atoms with van der Waals surface area (Å²) in [6, 6.07) is 6.26. The number of carbonyl (C=O) groups is 1. The highest BCUT2D eigenvalue weighted by Crippen LogP contribution is 2.39. The van der Waals surface area contributed by atoms with Crippen molar-refractivity contribution in [2.75, 3.05) is 24.3 Å². The SMILES string of the molecule is COc1c(F)cccc1Nc1c(-c2ccnc(Nc3cnnn3C)n2)[nH]c2c1C(=O)NCC2. The molecule has 4 aromatic rings. The molecule has 1 aliphatic heterocycles. The third-order valence-electron chi connectivity index (χ3n) is 5.26. The number of nitrogens with zero attached hydrogens (tertiary/aromatic N) is 5. The second-order valence-corrected chi connectivity index (χ2v) is 7.31. The molecule has 168 valence electrons. The summed E-state index contributed by atoms with van der Waals surface area (Å²) in [5.74, 6) is 0.230. The van der Waals surface area contributed by atoms with Crippen LogP contribution in [0, 0.1) is 5.82 Å². The Bertz CT molecular complexity index is 1350. The lowest BCUT2D eigenvalue weighted by molar-refractivity contribution is 0.0947. The molecule has 0 spiro atoms. The third-order valence-corrected chi connectivity index (χ3v) is 5.26. The maximum absolute atomic E-state index is 14.3. The van der Waals surface area contributed by atoms with E-state index < -0.39 is 5.82 Å². The first kappa shape index (κ1) is 20.4. The molecule has 3 aromatic heterocycles. The van der Waals surface area contributed by atoms with Gasteiger partial charge in [-0.05, 0) is 18.2 Å². The molecule has 0 unspecified atom stereocenters. The van der Waals surface area contributed by atoms with Gasteiger partial charge in [0.25, 0.3) is 5.91 Å². The van der Waals surface area contributed by atoms with Gasteiger partial charge in [0.05, 0.1) is 41.6 Å². The van der Waals surface area contributed by atoms with Crippen molar-refractivity contribution in [2.24, 2.45) is 7.05 Å². The Balaban J connectivity index is 1.60. The summed E-state index contributed by atoms with van der Waals surface area (Å²) in [7, 11) is 3.13. The number of nitrogens with one attached hydrogen (secondary N) is 4. The van der Waals surface area contributed by atoms with Crippen LogP contribution in [0.25, 0.3) is 11.4 Å². The number of para-hydroxylation sites is 1. The van der Waals surface area contributed by atoms with Gasteiger partial charge in [-0.15, -0.1) is 5.10 Å². The average Bonchev–Trinajstić information content (AvgIpc) is 3.38. The van der Waals surface area contributed by atoms with Crippen molar-refractivity contribution in [3.8, 4) is 17.1 Å². The van der Waals surface area contributed by atoms with E-state index in [1.165, 1.54) is 13.2 Å². The minimum absolute atomic E-state index is 0.0448. The van der Waals surface area contributed by atoms with Crippen molar-refractivity contribution in [1.82, 2.24) is 35.3 Å². The lowest BCUT2D eigenvalue weighted by Gasteiger charge is -2.16. The summed E-state index contributed by atoms with van der Waals surface area (Å²) in [5.41, 5.74) is 3.16. The molecule has 0 saturated heterocycles. The second-order valence-electron chi connectivity index (χ2n) is 7.31. The molecule has 12 heteroatoms. The maximum Gasteiger partial charge on any atom is 0.255 e. The van der Waals surface area contributed by atoms with Crippen LogP contribution < -0.4 is 20.7 Å². The van der Waals surface area contributed by atoms with Crippen molar-refractivity contribution < 1.29 is 13.9 Å². The fraction of sp³-hybridized carbons (Fsp3) is 0.190. The number of carbonyl (C=O) groups excluding carboxylic acids is 1. The zero-order valence-corrected chi connectivity index (χ0v) is 17.8. The molecule has 1 amide bonds. The van der Waals surface area contributed by atoms with E-state index in [1.807, 2.05) is 0 Å². The van der Waals surface area contributed by atoms with Gasteiger partial charge in [0.1, 0.15) is 0 Å². The Morgan fingerprint density at radius 1 is 1.24 bits per heavy atom. The summed E-state index contributed by atoms with van der Waals surface area (Å²) < 4.78 is 21.1. The molecule has 1 aromatic carbocycles. The van der Waals surface area contributed by atoms with Crippen LogP contribution >= 0.6 is 0 Å². The molecule has 0 saturated carbocycles. The van der Waals surface area contributed by atoms with E-state index in [-0.39, 0.29) is 11.7 Å². The van der Waals surface area contributed by atoms with Gasteiger partial charge in [-0.3, -0.25) is 4.79 Å². The average molecular weight is 449 g/mol. The quantitative estimate of drug-likeness (QED) is 0.353. The molecular formula is C21H20FN9O2.